The fourth-order valence-corrected chi connectivity index (χ4v) is 3.06. The van der Waals surface area contributed by atoms with E-state index in [-0.39, 0.29) is 0 Å². The van der Waals surface area contributed by atoms with Gasteiger partial charge in [-0.2, -0.15) is 0 Å². The van der Waals surface area contributed by atoms with Crippen molar-refractivity contribution in [3.8, 4) is 0 Å². The number of carboxylic acids is 1. The van der Waals surface area contributed by atoms with E-state index in [0.717, 1.165) is 28.1 Å². The van der Waals surface area contributed by atoms with Crippen LogP contribution in [-0.2, 0) is 11.2 Å². The Labute approximate surface area is 137 Å². The molecule has 1 aromatic heterocycles. The third-order valence-electron chi connectivity index (χ3n) is 3.59. The molecule has 0 fully saturated rings. The van der Waals surface area contributed by atoms with Gasteiger partial charge >= 0.3 is 5.97 Å². The lowest BCUT2D eigenvalue weighted by atomic mass is 10.0. The predicted octanol–water partition coefficient (Wildman–Crippen LogP) is 2.30. The molecule has 1 heterocycles. The van der Waals surface area contributed by atoms with Gasteiger partial charge in [0.1, 0.15) is 5.25 Å². The molecule has 3 rings (SSSR count). The Morgan fingerprint density at radius 1 is 1.26 bits per heavy atom. The molecule has 0 saturated heterocycles. The van der Waals surface area contributed by atoms with Gasteiger partial charge in [-0.3, -0.25) is 4.79 Å². The number of aliphatic carboxylic acids is 1. The average Bonchev–Trinajstić information content (AvgIpc) is 2.88. The highest BCUT2D eigenvalue weighted by molar-refractivity contribution is 8.00. The Bertz CT molecular complexity index is 857. The van der Waals surface area contributed by atoms with E-state index in [1.165, 1.54) is 4.68 Å². The Morgan fingerprint density at radius 2 is 2.00 bits per heavy atom. The topological polar surface area (TPSA) is 94.0 Å². The highest BCUT2D eigenvalue weighted by Gasteiger charge is 2.18. The molecule has 0 spiro atoms. The molecule has 0 amide bonds. The first-order chi connectivity index (χ1) is 11.1. The molecule has 118 valence electrons. The molecule has 0 saturated carbocycles. The van der Waals surface area contributed by atoms with E-state index in [1.807, 2.05) is 24.3 Å². The van der Waals surface area contributed by atoms with Crippen LogP contribution >= 0.6 is 11.8 Å². The minimum absolute atomic E-state index is 0.398. The van der Waals surface area contributed by atoms with Gasteiger partial charge in [0.2, 0.25) is 5.16 Å². The van der Waals surface area contributed by atoms with Gasteiger partial charge in [-0.25, -0.2) is 4.68 Å². The van der Waals surface area contributed by atoms with E-state index in [9.17, 15) is 4.79 Å². The van der Waals surface area contributed by atoms with Gasteiger partial charge in [-0.05, 0) is 23.3 Å². The zero-order valence-electron chi connectivity index (χ0n) is 12.5. The third-order valence-corrected chi connectivity index (χ3v) is 4.64. The van der Waals surface area contributed by atoms with Crippen LogP contribution in [0.25, 0.3) is 10.8 Å². The Balaban J connectivity index is 1.88. The van der Waals surface area contributed by atoms with E-state index in [2.05, 4.69) is 28.4 Å². The second-order valence-electron chi connectivity index (χ2n) is 5.18. The van der Waals surface area contributed by atoms with Crippen LogP contribution in [0.15, 0.2) is 47.6 Å². The number of thioether (sulfide) groups is 1. The molecule has 0 radical (unpaired) electrons. The number of nitrogens with zero attached hydrogens (tertiary/aromatic N) is 3. The van der Waals surface area contributed by atoms with E-state index < -0.39 is 11.2 Å². The number of nitrogen functional groups attached to an aromatic ring is 1. The number of nitrogens with two attached hydrogens (primary N) is 1. The van der Waals surface area contributed by atoms with E-state index in [4.69, 9.17) is 10.9 Å². The Kier molecular flexibility index (Phi) is 4.20. The number of carboxylic acid groups (broad SMARTS) is 1. The molecule has 3 N–H and O–H groups in total. The molecule has 23 heavy (non-hydrogen) atoms. The van der Waals surface area contributed by atoms with Crippen molar-refractivity contribution in [3.63, 3.8) is 0 Å². The quantitative estimate of drug-likeness (QED) is 0.551. The molecule has 3 aromatic rings. The van der Waals surface area contributed by atoms with Gasteiger partial charge in [-0.15, -0.1) is 10.2 Å². The van der Waals surface area contributed by atoms with Gasteiger partial charge in [0.05, 0.1) is 0 Å². The average molecular weight is 328 g/mol. The molecule has 0 aliphatic rings. The van der Waals surface area contributed by atoms with Crippen molar-refractivity contribution in [2.75, 3.05) is 5.84 Å². The minimum atomic E-state index is -0.909. The van der Waals surface area contributed by atoms with Gasteiger partial charge in [0.15, 0.2) is 5.82 Å². The number of hydrogen-bond donors (Lipinski definition) is 2. The summed E-state index contributed by atoms with van der Waals surface area (Å²) in [7, 11) is 0. The highest BCUT2D eigenvalue weighted by Crippen LogP contribution is 2.24. The molecule has 0 aliphatic carbocycles. The van der Waals surface area contributed by atoms with Crippen molar-refractivity contribution < 1.29 is 9.90 Å². The molecular formula is C16H16N4O2S. The van der Waals surface area contributed by atoms with Crippen molar-refractivity contribution in [1.29, 1.82) is 0 Å². The van der Waals surface area contributed by atoms with Crippen LogP contribution in [0.1, 0.15) is 18.3 Å². The van der Waals surface area contributed by atoms with E-state index in [1.54, 1.807) is 6.92 Å². The molecule has 1 atom stereocenters. The number of fused-ring (bicyclic) bond motifs is 1. The first-order valence-electron chi connectivity index (χ1n) is 7.11. The van der Waals surface area contributed by atoms with Gasteiger partial charge < -0.3 is 10.9 Å². The number of aromatic nitrogens is 3. The number of carbonyl (C=O) groups is 1. The normalized spacial score (nSPS) is 12.4. The number of rotatable bonds is 5. The largest absolute Gasteiger partial charge is 0.480 e. The van der Waals surface area contributed by atoms with Crippen LogP contribution < -0.4 is 5.84 Å². The summed E-state index contributed by atoms with van der Waals surface area (Å²) in [5.74, 6) is 5.71. The second kappa shape index (κ2) is 6.29. The summed E-state index contributed by atoms with van der Waals surface area (Å²) >= 11 is 1.08. The molecule has 0 aliphatic heterocycles. The number of hydrogen-bond acceptors (Lipinski definition) is 5. The van der Waals surface area contributed by atoms with Gasteiger partial charge in [0, 0.05) is 6.42 Å². The minimum Gasteiger partial charge on any atom is -0.480 e. The van der Waals surface area contributed by atoms with Crippen molar-refractivity contribution in [3.05, 3.63) is 53.9 Å². The molecule has 7 heteroatoms. The maximum atomic E-state index is 10.9. The molecule has 6 nitrogen and oxygen atoms in total. The lowest BCUT2D eigenvalue weighted by Gasteiger charge is -2.08. The molecular weight excluding hydrogens is 312 g/mol. The summed E-state index contributed by atoms with van der Waals surface area (Å²) in [6.45, 7) is 1.59. The van der Waals surface area contributed by atoms with E-state index in [0.29, 0.717) is 17.4 Å². The standard InChI is InChI=1S/C16H16N4O2S/c1-10(15(21)22)23-16-19-18-14(20(16)17)9-12-7-4-6-11-5-2-3-8-13(11)12/h2-8,10H,9,17H2,1H3,(H,21,22). The fourth-order valence-electron chi connectivity index (χ4n) is 2.33. The Morgan fingerprint density at radius 3 is 2.78 bits per heavy atom. The van der Waals surface area contributed by atoms with Crippen LogP contribution in [0.3, 0.4) is 0 Å². The van der Waals surface area contributed by atoms with Crippen LogP contribution in [0.5, 0.6) is 0 Å². The monoisotopic (exact) mass is 328 g/mol. The third kappa shape index (κ3) is 3.14. The molecule has 0 bridgehead atoms. The van der Waals surface area contributed by atoms with E-state index >= 15 is 0 Å². The maximum absolute atomic E-state index is 10.9. The summed E-state index contributed by atoms with van der Waals surface area (Å²) in [6.07, 6.45) is 0.535. The first kappa shape index (κ1) is 15.4. The lowest BCUT2D eigenvalue weighted by Crippen LogP contribution is -2.17. The summed E-state index contributed by atoms with van der Waals surface area (Å²) in [4.78, 5) is 10.9. The highest BCUT2D eigenvalue weighted by atomic mass is 32.2. The first-order valence-corrected chi connectivity index (χ1v) is 7.99. The van der Waals surface area contributed by atoms with Crippen LogP contribution in [0.4, 0.5) is 0 Å². The van der Waals surface area contributed by atoms with Crippen LogP contribution in [0.2, 0.25) is 0 Å². The van der Waals surface area contributed by atoms with Crippen molar-refractivity contribution in [2.45, 2.75) is 23.8 Å². The molecule has 2 aromatic carbocycles. The van der Waals surface area contributed by atoms with Crippen molar-refractivity contribution in [2.24, 2.45) is 0 Å². The zero-order valence-corrected chi connectivity index (χ0v) is 13.3. The predicted molar refractivity (Wildman–Crippen MR) is 89.9 cm³/mol. The summed E-state index contributed by atoms with van der Waals surface area (Å²) in [5, 5.41) is 19.1. The van der Waals surface area contributed by atoms with Crippen LogP contribution in [-0.4, -0.2) is 31.2 Å². The van der Waals surface area contributed by atoms with Crippen molar-refractivity contribution in [1.82, 2.24) is 14.9 Å². The second-order valence-corrected chi connectivity index (χ2v) is 6.49. The maximum Gasteiger partial charge on any atom is 0.316 e. The lowest BCUT2D eigenvalue weighted by molar-refractivity contribution is -0.136. The number of benzene rings is 2. The Hall–Kier alpha value is -2.54. The van der Waals surface area contributed by atoms with Gasteiger partial charge in [0.25, 0.3) is 0 Å². The molecule has 1 unspecified atom stereocenters. The summed E-state index contributed by atoms with van der Waals surface area (Å²) in [5.41, 5.74) is 1.10. The van der Waals surface area contributed by atoms with Crippen LogP contribution in [0, 0.1) is 0 Å². The smallest absolute Gasteiger partial charge is 0.316 e. The summed E-state index contributed by atoms with van der Waals surface area (Å²) in [6, 6.07) is 14.2. The van der Waals surface area contributed by atoms with Crippen molar-refractivity contribution >= 4 is 28.5 Å². The zero-order chi connectivity index (χ0) is 16.4. The SMILES string of the molecule is CC(Sc1nnc(Cc2cccc3ccccc23)n1N)C(=O)O. The fraction of sp³-hybridized carbons (Fsp3) is 0.188. The van der Waals surface area contributed by atoms with Gasteiger partial charge in [-0.1, -0.05) is 54.2 Å². The summed E-state index contributed by atoms with van der Waals surface area (Å²) < 4.78 is 1.37.